The number of aromatic nitrogens is 1. The van der Waals surface area contributed by atoms with Gasteiger partial charge in [-0.25, -0.2) is 0 Å². The van der Waals surface area contributed by atoms with Crippen molar-refractivity contribution >= 4 is 27.5 Å². The van der Waals surface area contributed by atoms with Crippen molar-refractivity contribution in [3.63, 3.8) is 0 Å². The van der Waals surface area contributed by atoms with E-state index >= 15 is 0 Å². The number of carbonyl (C=O) groups is 1. The number of anilines is 1. The molecule has 2 N–H and O–H groups in total. The molecular weight excluding hydrogens is 364 g/mol. The molecule has 2 rings (SSSR count). The Hall–Kier alpha value is -2.28. The van der Waals surface area contributed by atoms with Crippen LogP contribution in [0.15, 0.2) is 45.8 Å². The van der Waals surface area contributed by atoms with E-state index < -0.39 is 0 Å². The van der Waals surface area contributed by atoms with E-state index in [1.165, 1.54) is 6.20 Å². The standard InChI is InChI=1S/C16H17BrN2O4/c1-22-12-4-6-13(7-5-12)23-8-2-3-15(20)19-14-9-11(17)10-18-16(14)21/h4-7,9-10H,2-3,8H2,1H3,(H,18,21)(H,19,20). The molecule has 0 fully saturated rings. The summed E-state index contributed by atoms with van der Waals surface area (Å²) in [6.07, 6.45) is 2.33. The molecule has 7 heteroatoms. The van der Waals surface area contributed by atoms with Crippen molar-refractivity contribution in [1.29, 1.82) is 0 Å². The van der Waals surface area contributed by atoms with Gasteiger partial charge in [-0.1, -0.05) is 0 Å². The Labute approximate surface area is 142 Å². The topological polar surface area (TPSA) is 80.4 Å². The predicted molar refractivity (Wildman–Crippen MR) is 91.1 cm³/mol. The minimum absolute atomic E-state index is 0.223. The molecule has 6 nitrogen and oxygen atoms in total. The van der Waals surface area contributed by atoms with Crippen LogP contribution < -0.4 is 20.3 Å². The zero-order chi connectivity index (χ0) is 16.7. The fraction of sp³-hybridized carbons (Fsp3) is 0.250. The minimum Gasteiger partial charge on any atom is -0.497 e. The number of H-pyrrole nitrogens is 1. The second-order valence-corrected chi connectivity index (χ2v) is 5.65. The van der Waals surface area contributed by atoms with E-state index in [9.17, 15) is 9.59 Å². The fourth-order valence-corrected chi connectivity index (χ4v) is 2.20. The summed E-state index contributed by atoms with van der Waals surface area (Å²) in [5, 5.41) is 2.58. The Bertz CT molecular complexity index is 713. The number of rotatable bonds is 7. The summed E-state index contributed by atoms with van der Waals surface area (Å²) in [5.41, 5.74) is -0.114. The van der Waals surface area contributed by atoms with Crippen LogP contribution >= 0.6 is 15.9 Å². The highest BCUT2D eigenvalue weighted by atomic mass is 79.9. The Kier molecular flexibility index (Phi) is 6.22. The number of pyridine rings is 1. The van der Waals surface area contributed by atoms with Crippen LogP contribution in [0.2, 0.25) is 0 Å². The fourth-order valence-electron chi connectivity index (χ4n) is 1.86. The van der Waals surface area contributed by atoms with E-state index in [0.29, 0.717) is 17.5 Å². The van der Waals surface area contributed by atoms with Crippen LogP contribution in [0, 0.1) is 0 Å². The highest BCUT2D eigenvalue weighted by Gasteiger charge is 2.06. The normalized spacial score (nSPS) is 10.2. The molecule has 0 atom stereocenters. The molecule has 0 radical (unpaired) electrons. The van der Waals surface area contributed by atoms with Gasteiger partial charge in [-0.15, -0.1) is 0 Å². The number of methoxy groups -OCH3 is 1. The predicted octanol–water partition coefficient (Wildman–Crippen LogP) is 2.94. The number of hydrogen-bond donors (Lipinski definition) is 2. The van der Waals surface area contributed by atoms with Gasteiger partial charge in [0.2, 0.25) is 5.91 Å². The van der Waals surface area contributed by atoms with Crippen molar-refractivity contribution in [3.8, 4) is 11.5 Å². The number of hydrogen-bond acceptors (Lipinski definition) is 4. The molecular formula is C16H17BrN2O4. The highest BCUT2D eigenvalue weighted by molar-refractivity contribution is 9.10. The van der Waals surface area contributed by atoms with Crippen LogP contribution in [-0.2, 0) is 4.79 Å². The summed E-state index contributed by atoms with van der Waals surface area (Å²) in [6, 6.07) is 8.79. The molecule has 2 aromatic rings. The van der Waals surface area contributed by atoms with Gasteiger partial charge < -0.3 is 19.8 Å². The van der Waals surface area contributed by atoms with E-state index in [-0.39, 0.29) is 23.6 Å². The summed E-state index contributed by atoms with van der Waals surface area (Å²) >= 11 is 3.24. The smallest absolute Gasteiger partial charge is 0.271 e. The second-order valence-electron chi connectivity index (χ2n) is 4.74. The summed E-state index contributed by atoms with van der Waals surface area (Å²) in [6.45, 7) is 0.411. The monoisotopic (exact) mass is 380 g/mol. The summed E-state index contributed by atoms with van der Waals surface area (Å²) in [7, 11) is 1.60. The lowest BCUT2D eigenvalue weighted by atomic mass is 10.3. The van der Waals surface area contributed by atoms with Crippen molar-refractivity contribution in [3.05, 3.63) is 51.4 Å². The first-order valence-corrected chi connectivity index (χ1v) is 7.83. The van der Waals surface area contributed by atoms with Crippen molar-refractivity contribution in [2.24, 2.45) is 0 Å². The molecule has 122 valence electrons. The second kappa shape index (κ2) is 8.38. The molecule has 0 aliphatic heterocycles. The molecule has 0 aliphatic rings. The summed E-state index contributed by atoms with van der Waals surface area (Å²) in [4.78, 5) is 25.9. The number of nitrogens with one attached hydrogen (secondary N) is 2. The number of carbonyl (C=O) groups excluding carboxylic acids is 1. The molecule has 23 heavy (non-hydrogen) atoms. The van der Waals surface area contributed by atoms with Crippen molar-refractivity contribution in [1.82, 2.24) is 4.98 Å². The maximum Gasteiger partial charge on any atom is 0.271 e. The molecule has 1 aromatic heterocycles. The maximum absolute atomic E-state index is 11.8. The molecule has 0 aliphatic carbocycles. The van der Waals surface area contributed by atoms with E-state index in [4.69, 9.17) is 9.47 Å². The van der Waals surface area contributed by atoms with Crippen molar-refractivity contribution in [2.75, 3.05) is 19.0 Å². The molecule has 0 bridgehead atoms. The van der Waals surface area contributed by atoms with Gasteiger partial charge in [-0.2, -0.15) is 0 Å². The molecule has 1 heterocycles. The first-order valence-electron chi connectivity index (χ1n) is 7.03. The Morgan fingerprint density at radius 2 is 1.96 bits per heavy atom. The number of ether oxygens (including phenoxy) is 2. The van der Waals surface area contributed by atoms with Crippen LogP contribution in [0.4, 0.5) is 5.69 Å². The van der Waals surface area contributed by atoms with Gasteiger partial charge >= 0.3 is 0 Å². The van der Waals surface area contributed by atoms with Crippen LogP contribution in [-0.4, -0.2) is 24.6 Å². The molecule has 0 saturated carbocycles. The van der Waals surface area contributed by atoms with Gasteiger partial charge in [0.15, 0.2) is 0 Å². The third kappa shape index (κ3) is 5.45. The zero-order valence-electron chi connectivity index (χ0n) is 12.6. The Balaban J connectivity index is 1.74. The minimum atomic E-state index is -0.337. The third-order valence-corrected chi connectivity index (χ3v) is 3.48. The molecule has 1 amide bonds. The van der Waals surface area contributed by atoms with Crippen LogP contribution in [0.3, 0.4) is 0 Å². The molecule has 0 spiro atoms. The van der Waals surface area contributed by atoms with Gasteiger partial charge in [0.05, 0.1) is 13.7 Å². The highest BCUT2D eigenvalue weighted by Crippen LogP contribution is 2.17. The average Bonchev–Trinajstić information content (AvgIpc) is 2.55. The van der Waals surface area contributed by atoms with Crippen molar-refractivity contribution < 1.29 is 14.3 Å². The lowest BCUT2D eigenvalue weighted by molar-refractivity contribution is -0.116. The van der Waals surface area contributed by atoms with E-state index in [2.05, 4.69) is 26.2 Å². The van der Waals surface area contributed by atoms with E-state index in [1.54, 1.807) is 25.3 Å². The Morgan fingerprint density at radius 1 is 1.26 bits per heavy atom. The number of halogens is 1. The summed E-state index contributed by atoms with van der Waals surface area (Å²) in [5.74, 6) is 1.25. The van der Waals surface area contributed by atoms with Crippen LogP contribution in [0.5, 0.6) is 11.5 Å². The number of amides is 1. The van der Waals surface area contributed by atoms with Gasteiger partial charge in [-0.3, -0.25) is 9.59 Å². The summed E-state index contributed by atoms with van der Waals surface area (Å²) < 4.78 is 11.3. The lowest BCUT2D eigenvalue weighted by Gasteiger charge is -2.07. The van der Waals surface area contributed by atoms with Gasteiger partial charge in [0.25, 0.3) is 5.56 Å². The largest absolute Gasteiger partial charge is 0.497 e. The van der Waals surface area contributed by atoms with Gasteiger partial charge in [0, 0.05) is 17.1 Å². The van der Waals surface area contributed by atoms with E-state index in [0.717, 1.165) is 11.5 Å². The zero-order valence-corrected chi connectivity index (χ0v) is 14.2. The number of benzene rings is 1. The molecule has 0 saturated heterocycles. The van der Waals surface area contributed by atoms with E-state index in [1.807, 2.05) is 12.1 Å². The first-order chi connectivity index (χ1) is 11.1. The van der Waals surface area contributed by atoms with Crippen LogP contribution in [0.1, 0.15) is 12.8 Å². The quantitative estimate of drug-likeness (QED) is 0.723. The lowest BCUT2D eigenvalue weighted by Crippen LogP contribution is -2.19. The van der Waals surface area contributed by atoms with Crippen LogP contribution in [0.25, 0.3) is 0 Å². The van der Waals surface area contributed by atoms with Crippen molar-refractivity contribution in [2.45, 2.75) is 12.8 Å². The SMILES string of the molecule is COc1ccc(OCCCC(=O)Nc2cc(Br)c[nH]c2=O)cc1. The number of aromatic amines is 1. The molecule has 1 aromatic carbocycles. The maximum atomic E-state index is 11.8. The molecule has 0 unspecified atom stereocenters. The van der Waals surface area contributed by atoms with Gasteiger partial charge in [-0.05, 0) is 52.7 Å². The first kappa shape index (κ1) is 17.1. The van der Waals surface area contributed by atoms with Gasteiger partial charge in [0.1, 0.15) is 17.2 Å². The third-order valence-electron chi connectivity index (χ3n) is 3.02. The Morgan fingerprint density at radius 3 is 2.65 bits per heavy atom. The average molecular weight is 381 g/mol.